The zero-order valence-electron chi connectivity index (χ0n) is 11.2. The van der Waals surface area contributed by atoms with Crippen LogP contribution in [0.3, 0.4) is 0 Å². The van der Waals surface area contributed by atoms with Crippen molar-refractivity contribution >= 4 is 39.8 Å². The summed E-state index contributed by atoms with van der Waals surface area (Å²) in [6, 6.07) is 0. The predicted octanol–water partition coefficient (Wildman–Crippen LogP) is 2.89. The molecule has 0 saturated carbocycles. The van der Waals surface area contributed by atoms with Crippen LogP contribution in [0.25, 0.3) is 0 Å². The normalized spacial score (nSPS) is 19.1. The van der Waals surface area contributed by atoms with Gasteiger partial charge >= 0.3 is 5.97 Å². The standard InChI is InChI=1S/C13H16ClNO3S/c1-4-18-13(17)11-7(2)8(3)19-12(11)15-6-9(14)5-10(15)16/h9H,4-6H2,1-3H3. The van der Waals surface area contributed by atoms with Gasteiger partial charge in [-0.25, -0.2) is 4.79 Å². The van der Waals surface area contributed by atoms with E-state index in [2.05, 4.69) is 0 Å². The molecule has 1 aliphatic rings. The van der Waals surface area contributed by atoms with Crippen LogP contribution in [0.5, 0.6) is 0 Å². The topological polar surface area (TPSA) is 46.6 Å². The number of nitrogens with zero attached hydrogens (tertiary/aromatic N) is 1. The van der Waals surface area contributed by atoms with Gasteiger partial charge in [-0.05, 0) is 26.3 Å². The number of hydrogen-bond donors (Lipinski definition) is 0. The van der Waals surface area contributed by atoms with E-state index < -0.39 is 0 Å². The number of aryl methyl sites for hydroxylation is 1. The van der Waals surface area contributed by atoms with Crippen LogP contribution in [0.2, 0.25) is 0 Å². The van der Waals surface area contributed by atoms with Gasteiger partial charge in [0.1, 0.15) is 5.00 Å². The molecule has 104 valence electrons. The molecular formula is C13H16ClNO3S. The van der Waals surface area contributed by atoms with Gasteiger partial charge in [0.25, 0.3) is 0 Å². The molecule has 1 aliphatic heterocycles. The van der Waals surface area contributed by atoms with Crippen LogP contribution < -0.4 is 4.90 Å². The summed E-state index contributed by atoms with van der Waals surface area (Å²) < 4.78 is 5.08. The lowest BCUT2D eigenvalue weighted by molar-refractivity contribution is -0.117. The molecule has 1 amide bonds. The van der Waals surface area contributed by atoms with Gasteiger partial charge in [0.2, 0.25) is 5.91 Å². The number of alkyl halides is 1. The lowest BCUT2D eigenvalue weighted by Crippen LogP contribution is -2.25. The van der Waals surface area contributed by atoms with Crippen LogP contribution in [0.1, 0.15) is 34.1 Å². The van der Waals surface area contributed by atoms with Gasteiger partial charge in [-0.1, -0.05) is 0 Å². The van der Waals surface area contributed by atoms with Gasteiger partial charge in [-0.15, -0.1) is 22.9 Å². The fourth-order valence-corrected chi connectivity index (χ4v) is 3.54. The van der Waals surface area contributed by atoms with Crippen molar-refractivity contribution in [1.82, 2.24) is 0 Å². The molecule has 1 aromatic rings. The summed E-state index contributed by atoms with van der Waals surface area (Å²) in [4.78, 5) is 26.6. The number of thiophene rings is 1. The van der Waals surface area contributed by atoms with E-state index in [9.17, 15) is 9.59 Å². The van der Waals surface area contributed by atoms with E-state index in [4.69, 9.17) is 16.3 Å². The number of amides is 1. The SMILES string of the molecule is CCOC(=O)c1c(N2CC(Cl)CC2=O)sc(C)c1C. The van der Waals surface area contributed by atoms with Gasteiger partial charge in [0, 0.05) is 17.8 Å². The molecule has 1 unspecified atom stereocenters. The highest BCUT2D eigenvalue weighted by Crippen LogP contribution is 2.38. The van der Waals surface area contributed by atoms with Crippen LogP contribution in [0.4, 0.5) is 5.00 Å². The zero-order chi connectivity index (χ0) is 14.2. The number of ether oxygens (including phenoxy) is 1. The summed E-state index contributed by atoms with van der Waals surface area (Å²) in [6.07, 6.45) is 0.319. The Kier molecular flexibility index (Phi) is 4.16. The number of esters is 1. The Morgan fingerprint density at radius 2 is 2.21 bits per heavy atom. The van der Waals surface area contributed by atoms with Crippen molar-refractivity contribution < 1.29 is 14.3 Å². The molecule has 0 aromatic carbocycles. The molecule has 1 fully saturated rings. The van der Waals surface area contributed by atoms with Crippen molar-refractivity contribution in [3.8, 4) is 0 Å². The lowest BCUT2D eigenvalue weighted by Gasteiger charge is -2.15. The molecule has 0 radical (unpaired) electrons. The van der Waals surface area contributed by atoms with E-state index in [1.165, 1.54) is 11.3 Å². The Bertz CT molecular complexity index is 526. The largest absolute Gasteiger partial charge is 0.462 e. The van der Waals surface area contributed by atoms with Crippen LogP contribution >= 0.6 is 22.9 Å². The van der Waals surface area contributed by atoms with Crippen molar-refractivity contribution in [3.05, 3.63) is 16.0 Å². The Balaban J connectivity index is 2.43. The minimum atomic E-state index is -0.370. The van der Waals surface area contributed by atoms with Crippen molar-refractivity contribution in [2.45, 2.75) is 32.6 Å². The first-order chi connectivity index (χ1) is 8.95. The minimum Gasteiger partial charge on any atom is -0.462 e. The highest BCUT2D eigenvalue weighted by Gasteiger charge is 2.34. The predicted molar refractivity (Wildman–Crippen MR) is 76.4 cm³/mol. The highest BCUT2D eigenvalue weighted by atomic mass is 35.5. The summed E-state index contributed by atoms with van der Waals surface area (Å²) in [5, 5.41) is 0.479. The van der Waals surface area contributed by atoms with Crippen LogP contribution in [0.15, 0.2) is 0 Å². The summed E-state index contributed by atoms with van der Waals surface area (Å²) in [5.41, 5.74) is 1.38. The molecular weight excluding hydrogens is 286 g/mol. The van der Waals surface area contributed by atoms with E-state index in [1.807, 2.05) is 13.8 Å². The quantitative estimate of drug-likeness (QED) is 0.637. The number of carbonyl (C=O) groups is 2. The number of carbonyl (C=O) groups excluding carboxylic acids is 2. The molecule has 2 heterocycles. The Labute approximate surface area is 121 Å². The van der Waals surface area contributed by atoms with Crippen molar-refractivity contribution in [1.29, 1.82) is 0 Å². The van der Waals surface area contributed by atoms with Crippen molar-refractivity contribution in [2.24, 2.45) is 0 Å². The molecule has 0 aliphatic carbocycles. The monoisotopic (exact) mass is 301 g/mol. The summed E-state index contributed by atoms with van der Waals surface area (Å²) in [5.74, 6) is -0.406. The molecule has 0 bridgehead atoms. The first kappa shape index (κ1) is 14.3. The Morgan fingerprint density at radius 1 is 1.53 bits per heavy atom. The molecule has 19 heavy (non-hydrogen) atoms. The first-order valence-corrected chi connectivity index (χ1v) is 7.42. The van der Waals surface area contributed by atoms with Gasteiger partial charge in [0.05, 0.1) is 17.5 Å². The van der Waals surface area contributed by atoms with E-state index >= 15 is 0 Å². The molecule has 6 heteroatoms. The molecule has 0 spiro atoms. The van der Waals surface area contributed by atoms with Crippen molar-refractivity contribution in [2.75, 3.05) is 18.1 Å². The fraction of sp³-hybridized carbons (Fsp3) is 0.538. The third kappa shape index (κ3) is 2.62. The van der Waals surface area contributed by atoms with E-state index in [0.29, 0.717) is 30.1 Å². The maximum absolute atomic E-state index is 12.1. The summed E-state index contributed by atoms with van der Waals surface area (Å²) in [7, 11) is 0. The first-order valence-electron chi connectivity index (χ1n) is 6.17. The number of halogens is 1. The molecule has 1 aromatic heterocycles. The molecule has 0 N–H and O–H groups in total. The number of rotatable bonds is 3. The average Bonchev–Trinajstić information content (AvgIpc) is 2.80. The summed E-state index contributed by atoms with van der Waals surface area (Å²) in [6.45, 7) is 6.35. The van der Waals surface area contributed by atoms with Crippen molar-refractivity contribution in [3.63, 3.8) is 0 Å². The third-order valence-corrected chi connectivity index (χ3v) is 4.69. The highest BCUT2D eigenvalue weighted by molar-refractivity contribution is 7.17. The van der Waals surface area contributed by atoms with Gasteiger partial charge in [0.15, 0.2) is 0 Å². The number of hydrogen-bond acceptors (Lipinski definition) is 4. The minimum absolute atomic E-state index is 0.0354. The fourth-order valence-electron chi connectivity index (χ4n) is 2.10. The maximum atomic E-state index is 12.1. The van der Waals surface area contributed by atoms with Gasteiger partial charge in [-0.2, -0.15) is 0 Å². The number of anilines is 1. The van der Waals surface area contributed by atoms with Crippen LogP contribution in [-0.2, 0) is 9.53 Å². The molecule has 1 atom stereocenters. The van der Waals surface area contributed by atoms with Gasteiger partial charge < -0.3 is 9.64 Å². The average molecular weight is 302 g/mol. The molecule has 2 rings (SSSR count). The smallest absolute Gasteiger partial charge is 0.341 e. The Hall–Kier alpha value is -1.07. The second-order valence-corrected chi connectivity index (χ2v) is 6.31. The van der Waals surface area contributed by atoms with Gasteiger partial charge in [-0.3, -0.25) is 4.79 Å². The molecule has 1 saturated heterocycles. The molecule has 4 nitrogen and oxygen atoms in total. The van der Waals surface area contributed by atoms with Crippen LogP contribution in [0, 0.1) is 13.8 Å². The van der Waals surface area contributed by atoms with E-state index in [1.54, 1.807) is 11.8 Å². The second kappa shape index (κ2) is 5.51. The summed E-state index contributed by atoms with van der Waals surface area (Å²) >= 11 is 7.46. The van der Waals surface area contributed by atoms with E-state index in [-0.39, 0.29) is 17.3 Å². The van der Waals surface area contributed by atoms with E-state index in [0.717, 1.165) is 10.4 Å². The van der Waals surface area contributed by atoms with Crippen LogP contribution in [-0.4, -0.2) is 30.4 Å². The second-order valence-electron chi connectivity index (χ2n) is 4.49. The lowest BCUT2D eigenvalue weighted by atomic mass is 10.1. The Morgan fingerprint density at radius 3 is 2.74 bits per heavy atom. The third-order valence-electron chi connectivity index (χ3n) is 3.17. The zero-order valence-corrected chi connectivity index (χ0v) is 12.7. The maximum Gasteiger partial charge on any atom is 0.341 e.